The minimum atomic E-state index is -0.00363. The van der Waals surface area contributed by atoms with E-state index in [0.29, 0.717) is 6.61 Å². The van der Waals surface area contributed by atoms with Crippen LogP contribution in [0.4, 0.5) is 0 Å². The molecule has 1 unspecified atom stereocenters. The zero-order valence-electron chi connectivity index (χ0n) is 10.5. The summed E-state index contributed by atoms with van der Waals surface area (Å²) in [6.07, 6.45) is 0. The van der Waals surface area contributed by atoms with Crippen LogP contribution in [-0.2, 0) is 0 Å². The molecule has 2 rings (SSSR count). The lowest BCUT2D eigenvalue weighted by Crippen LogP contribution is -2.07. The Morgan fingerprint density at radius 3 is 2.76 bits per heavy atom. The van der Waals surface area contributed by atoms with Gasteiger partial charge in [-0.25, -0.2) is 0 Å². The first-order valence-corrected chi connectivity index (χ1v) is 5.91. The second-order valence-electron chi connectivity index (χ2n) is 4.25. The quantitative estimate of drug-likeness (QED) is 0.881. The molecular weight excluding hydrogens is 212 g/mol. The standard InChI is InChI=1S/C14H18N2O/c1-4-17-11-5-6-14-13(8-11)12(10(3)15)7-9(2)16-14/h5-8,10H,4,15H2,1-3H3. The first-order valence-electron chi connectivity index (χ1n) is 5.91. The predicted molar refractivity (Wildman–Crippen MR) is 70.3 cm³/mol. The number of nitrogens with zero attached hydrogens (tertiary/aromatic N) is 1. The molecule has 0 bridgehead atoms. The molecule has 90 valence electrons. The number of aromatic nitrogens is 1. The Kier molecular flexibility index (Phi) is 3.29. The van der Waals surface area contributed by atoms with Gasteiger partial charge in [0.15, 0.2) is 0 Å². The van der Waals surface area contributed by atoms with Crippen molar-refractivity contribution < 1.29 is 4.74 Å². The van der Waals surface area contributed by atoms with Crippen LogP contribution in [0.15, 0.2) is 24.3 Å². The Morgan fingerprint density at radius 1 is 1.35 bits per heavy atom. The van der Waals surface area contributed by atoms with Gasteiger partial charge in [-0.2, -0.15) is 0 Å². The fourth-order valence-electron chi connectivity index (χ4n) is 2.00. The van der Waals surface area contributed by atoms with Crippen LogP contribution in [0.5, 0.6) is 5.75 Å². The highest BCUT2D eigenvalue weighted by Crippen LogP contribution is 2.26. The lowest BCUT2D eigenvalue weighted by molar-refractivity contribution is 0.340. The predicted octanol–water partition coefficient (Wildman–Crippen LogP) is 2.96. The Bertz CT molecular complexity index is 535. The van der Waals surface area contributed by atoms with Gasteiger partial charge < -0.3 is 10.5 Å². The zero-order valence-corrected chi connectivity index (χ0v) is 10.5. The number of rotatable bonds is 3. The van der Waals surface area contributed by atoms with Gasteiger partial charge in [0.1, 0.15) is 5.75 Å². The van der Waals surface area contributed by atoms with Gasteiger partial charge in [0.25, 0.3) is 0 Å². The first-order chi connectivity index (χ1) is 8.11. The summed E-state index contributed by atoms with van der Waals surface area (Å²) in [5.41, 5.74) is 9.09. The topological polar surface area (TPSA) is 48.1 Å². The van der Waals surface area contributed by atoms with Crippen LogP contribution in [0.25, 0.3) is 10.9 Å². The molecule has 0 aliphatic rings. The number of pyridine rings is 1. The number of ether oxygens (including phenoxy) is 1. The molecule has 0 aliphatic heterocycles. The number of hydrogen-bond acceptors (Lipinski definition) is 3. The maximum Gasteiger partial charge on any atom is 0.120 e. The van der Waals surface area contributed by atoms with Crippen LogP contribution < -0.4 is 10.5 Å². The van der Waals surface area contributed by atoms with E-state index in [-0.39, 0.29) is 6.04 Å². The number of nitrogens with two attached hydrogens (primary N) is 1. The molecule has 0 fully saturated rings. The SMILES string of the molecule is CCOc1ccc2nc(C)cc(C(C)N)c2c1. The van der Waals surface area contributed by atoms with Crippen LogP contribution in [0.1, 0.15) is 31.1 Å². The highest BCUT2D eigenvalue weighted by atomic mass is 16.5. The van der Waals surface area contributed by atoms with E-state index in [2.05, 4.69) is 4.98 Å². The van der Waals surface area contributed by atoms with Crippen molar-refractivity contribution >= 4 is 10.9 Å². The largest absolute Gasteiger partial charge is 0.494 e. The summed E-state index contributed by atoms with van der Waals surface area (Å²) in [4.78, 5) is 4.51. The summed E-state index contributed by atoms with van der Waals surface area (Å²) in [5, 5.41) is 1.08. The van der Waals surface area contributed by atoms with Crippen LogP contribution in [0.2, 0.25) is 0 Å². The van der Waals surface area contributed by atoms with E-state index < -0.39 is 0 Å². The maximum atomic E-state index is 6.00. The van der Waals surface area contributed by atoms with Crippen LogP contribution >= 0.6 is 0 Å². The number of benzene rings is 1. The van der Waals surface area contributed by atoms with Gasteiger partial charge >= 0.3 is 0 Å². The minimum absolute atomic E-state index is 0.00363. The second-order valence-corrected chi connectivity index (χ2v) is 4.25. The molecule has 1 heterocycles. The van der Waals surface area contributed by atoms with Crippen molar-refractivity contribution in [3.63, 3.8) is 0 Å². The van der Waals surface area contributed by atoms with E-state index in [0.717, 1.165) is 27.9 Å². The van der Waals surface area contributed by atoms with Crippen molar-refractivity contribution in [1.29, 1.82) is 0 Å². The molecule has 2 N–H and O–H groups in total. The monoisotopic (exact) mass is 230 g/mol. The van der Waals surface area contributed by atoms with E-state index in [1.54, 1.807) is 0 Å². The summed E-state index contributed by atoms with van der Waals surface area (Å²) in [6, 6.07) is 7.99. The van der Waals surface area contributed by atoms with Crippen molar-refractivity contribution in [2.45, 2.75) is 26.8 Å². The lowest BCUT2D eigenvalue weighted by atomic mass is 10.0. The minimum Gasteiger partial charge on any atom is -0.494 e. The highest BCUT2D eigenvalue weighted by Gasteiger charge is 2.08. The Hall–Kier alpha value is -1.61. The van der Waals surface area contributed by atoms with Crippen molar-refractivity contribution in [2.75, 3.05) is 6.61 Å². The fraction of sp³-hybridized carbons (Fsp3) is 0.357. The summed E-state index contributed by atoms with van der Waals surface area (Å²) in [7, 11) is 0. The van der Waals surface area contributed by atoms with Crippen LogP contribution in [0.3, 0.4) is 0 Å². The van der Waals surface area contributed by atoms with Crippen molar-refractivity contribution in [1.82, 2.24) is 4.98 Å². The van der Waals surface area contributed by atoms with Crippen molar-refractivity contribution in [2.24, 2.45) is 5.73 Å². The smallest absolute Gasteiger partial charge is 0.120 e. The van der Waals surface area contributed by atoms with Gasteiger partial charge in [-0.3, -0.25) is 4.98 Å². The number of hydrogen-bond donors (Lipinski definition) is 1. The Labute approximate surface area is 102 Å². The first kappa shape index (κ1) is 11.9. The molecular formula is C14H18N2O. The Morgan fingerprint density at radius 2 is 2.12 bits per heavy atom. The summed E-state index contributed by atoms with van der Waals surface area (Å²) in [6.45, 7) is 6.62. The lowest BCUT2D eigenvalue weighted by Gasteiger charge is -2.12. The van der Waals surface area contributed by atoms with Crippen molar-refractivity contribution in [3.05, 3.63) is 35.5 Å². The molecule has 0 saturated heterocycles. The molecule has 3 heteroatoms. The maximum absolute atomic E-state index is 6.00. The van der Waals surface area contributed by atoms with Gasteiger partial charge in [-0.05, 0) is 50.6 Å². The molecule has 3 nitrogen and oxygen atoms in total. The summed E-state index contributed by atoms with van der Waals surface area (Å²) in [5.74, 6) is 0.868. The van der Waals surface area contributed by atoms with Gasteiger partial charge in [0.05, 0.1) is 12.1 Å². The van der Waals surface area contributed by atoms with E-state index in [4.69, 9.17) is 10.5 Å². The van der Waals surface area contributed by atoms with Crippen LogP contribution in [0, 0.1) is 6.92 Å². The summed E-state index contributed by atoms with van der Waals surface area (Å²) < 4.78 is 5.51. The van der Waals surface area contributed by atoms with E-state index in [9.17, 15) is 0 Å². The second kappa shape index (κ2) is 4.72. The molecule has 1 atom stereocenters. The molecule has 2 aromatic rings. The van der Waals surface area contributed by atoms with Gasteiger partial charge in [0.2, 0.25) is 0 Å². The third-order valence-electron chi connectivity index (χ3n) is 2.74. The molecule has 17 heavy (non-hydrogen) atoms. The van der Waals surface area contributed by atoms with E-state index in [1.807, 2.05) is 45.0 Å². The van der Waals surface area contributed by atoms with Gasteiger partial charge in [0, 0.05) is 17.1 Å². The normalized spacial score (nSPS) is 12.7. The Balaban J connectivity index is 2.64. The molecule has 0 spiro atoms. The summed E-state index contributed by atoms with van der Waals surface area (Å²) >= 11 is 0. The highest BCUT2D eigenvalue weighted by molar-refractivity contribution is 5.84. The zero-order chi connectivity index (χ0) is 12.4. The molecule has 0 amide bonds. The average Bonchev–Trinajstić information content (AvgIpc) is 2.28. The average molecular weight is 230 g/mol. The molecule has 0 aliphatic carbocycles. The van der Waals surface area contributed by atoms with E-state index >= 15 is 0 Å². The molecule has 1 aromatic carbocycles. The number of fused-ring (bicyclic) bond motifs is 1. The third kappa shape index (κ3) is 2.39. The number of aryl methyl sites for hydroxylation is 1. The molecule has 1 aromatic heterocycles. The van der Waals surface area contributed by atoms with Gasteiger partial charge in [-0.1, -0.05) is 0 Å². The molecule has 0 radical (unpaired) electrons. The van der Waals surface area contributed by atoms with E-state index in [1.165, 1.54) is 0 Å². The van der Waals surface area contributed by atoms with Crippen LogP contribution in [-0.4, -0.2) is 11.6 Å². The van der Waals surface area contributed by atoms with Gasteiger partial charge in [-0.15, -0.1) is 0 Å². The van der Waals surface area contributed by atoms with Crippen molar-refractivity contribution in [3.8, 4) is 5.75 Å². The fourth-order valence-corrected chi connectivity index (χ4v) is 2.00. The molecule has 0 saturated carbocycles. The third-order valence-corrected chi connectivity index (χ3v) is 2.74.